The van der Waals surface area contributed by atoms with Gasteiger partial charge in [0.25, 0.3) is 5.91 Å². The van der Waals surface area contributed by atoms with Gasteiger partial charge >= 0.3 is 0 Å². The molecule has 0 fully saturated rings. The van der Waals surface area contributed by atoms with Crippen LogP contribution in [0, 0.1) is 0 Å². The first-order chi connectivity index (χ1) is 8.04. The van der Waals surface area contributed by atoms with Crippen LogP contribution in [-0.4, -0.2) is 25.6 Å². The van der Waals surface area contributed by atoms with E-state index in [1.165, 1.54) is 0 Å². The smallest absolute Gasteiger partial charge is 0.277 e. The second-order valence-corrected chi connectivity index (χ2v) is 8.30. The van der Waals surface area contributed by atoms with Crippen LogP contribution in [0.4, 0.5) is 0 Å². The summed E-state index contributed by atoms with van der Waals surface area (Å²) in [5.41, 5.74) is 2.26. The molecule has 8 heteroatoms. The molecule has 0 bridgehead atoms. The van der Waals surface area contributed by atoms with Gasteiger partial charge in [0.15, 0.2) is 9.84 Å². The summed E-state index contributed by atoms with van der Waals surface area (Å²) in [6, 6.07) is 0. The van der Waals surface area contributed by atoms with E-state index >= 15 is 0 Å². The van der Waals surface area contributed by atoms with Gasteiger partial charge in [0.1, 0.15) is 15.6 Å². The van der Waals surface area contributed by atoms with Crippen molar-refractivity contribution in [3.63, 3.8) is 0 Å². The Kier molecular flexibility index (Phi) is 4.14. The lowest BCUT2D eigenvalue weighted by atomic mass is 9.91. The summed E-state index contributed by atoms with van der Waals surface area (Å²) in [6.07, 6.45) is 1.13. The number of nitrogens with two attached hydrogens (primary N) is 1. The van der Waals surface area contributed by atoms with Crippen LogP contribution < -0.4 is 11.3 Å². The van der Waals surface area contributed by atoms with Crippen LogP contribution in [0.2, 0.25) is 0 Å². The number of amides is 1. The van der Waals surface area contributed by atoms with Crippen LogP contribution in [0.25, 0.3) is 0 Å². The minimum atomic E-state index is -3.17. The first kappa shape index (κ1) is 15.1. The topological polar surface area (TPSA) is 102 Å². The summed E-state index contributed by atoms with van der Waals surface area (Å²) in [4.78, 5) is 16.3. The molecule has 6 nitrogen and oxygen atoms in total. The molecule has 0 unspecified atom stereocenters. The van der Waals surface area contributed by atoms with Crippen molar-refractivity contribution in [3.8, 4) is 0 Å². The molecule has 0 spiro atoms. The third-order valence-electron chi connectivity index (χ3n) is 2.10. The second kappa shape index (κ2) is 4.94. The molecule has 0 radical (unpaired) electrons. The zero-order chi connectivity index (χ0) is 14.1. The van der Waals surface area contributed by atoms with Crippen molar-refractivity contribution < 1.29 is 13.2 Å². The lowest BCUT2D eigenvalue weighted by Crippen LogP contribution is -2.31. The van der Waals surface area contributed by atoms with Gasteiger partial charge in [-0.05, 0) is 0 Å². The van der Waals surface area contributed by atoms with E-state index in [2.05, 4.69) is 10.4 Å². The minimum absolute atomic E-state index is 0.168. The number of nitrogens with one attached hydrogen (secondary N) is 1. The number of rotatable bonds is 3. The molecule has 0 aromatic carbocycles. The average Bonchev–Trinajstić information content (AvgIpc) is 2.57. The minimum Gasteiger partial charge on any atom is -0.289 e. The fourth-order valence-corrected chi connectivity index (χ4v) is 3.74. The molecule has 0 atom stereocenters. The van der Waals surface area contributed by atoms with E-state index in [0.29, 0.717) is 15.6 Å². The lowest BCUT2D eigenvalue weighted by Gasteiger charge is -2.16. The van der Waals surface area contributed by atoms with Crippen LogP contribution in [0.15, 0.2) is 0 Å². The van der Waals surface area contributed by atoms with Crippen molar-refractivity contribution in [3.05, 3.63) is 15.6 Å². The maximum absolute atomic E-state index is 11.6. The molecule has 0 saturated heterocycles. The average molecular weight is 291 g/mol. The molecule has 0 saturated carbocycles. The number of thiazole rings is 1. The third-order valence-corrected chi connectivity index (χ3v) is 4.14. The molecule has 1 aromatic rings. The van der Waals surface area contributed by atoms with E-state index in [0.717, 1.165) is 17.6 Å². The predicted molar refractivity (Wildman–Crippen MR) is 71.0 cm³/mol. The van der Waals surface area contributed by atoms with E-state index in [9.17, 15) is 13.2 Å². The molecule has 1 amide bonds. The Balaban J connectivity index is 3.28. The van der Waals surface area contributed by atoms with Gasteiger partial charge < -0.3 is 0 Å². The summed E-state index contributed by atoms with van der Waals surface area (Å²) in [5.74, 6) is 4.50. The van der Waals surface area contributed by atoms with Gasteiger partial charge in [0, 0.05) is 11.7 Å². The summed E-state index contributed by atoms with van der Waals surface area (Å²) >= 11 is 1.06. The SMILES string of the molecule is CC(C)(C)c1nc(CS(C)(=O)=O)sc1C(=O)NN. The van der Waals surface area contributed by atoms with E-state index in [1.54, 1.807) is 0 Å². The normalized spacial score (nSPS) is 12.5. The van der Waals surface area contributed by atoms with E-state index in [-0.39, 0.29) is 11.2 Å². The number of hydrogen-bond donors (Lipinski definition) is 2. The standard InChI is InChI=1S/C10H17N3O3S2/c1-10(2,3)8-7(9(14)13-11)17-6(12-8)5-18(4,15)16/h5,11H2,1-4H3,(H,13,14). The van der Waals surface area contributed by atoms with Gasteiger partial charge in [-0.2, -0.15) is 0 Å². The molecule has 0 aliphatic rings. The monoisotopic (exact) mass is 291 g/mol. The number of nitrogens with zero attached hydrogens (tertiary/aromatic N) is 1. The third kappa shape index (κ3) is 3.76. The van der Waals surface area contributed by atoms with Crippen molar-refractivity contribution in [2.75, 3.05) is 6.26 Å². The molecular formula is C10H17N3O3S2. The molecule has 102 valence electrons. The highest BCUT2D eigenvalue weighted by atomic mass is 32.2. The van der Waals surface area contributed by atoms with Crippen molar-refractivity contribution in [2.24, 2.45) is 5.84 Å². The van der Waals surface area contributed by atoms with Gasteiger partial charge in [-0.1, -0.05) is 20.8 Å². The van der Waals surface area contributed by atoms with Crippen molar-refractivity contribution in [1.29, 1.82) is 0 Å². The Hall–Kier alpha value is -0.990. The first-order valence-corrected chi connectivity index (χ1v) is 8.11. The number of nitrogen functional groups attached to an aromatic ring is 1. The number of hydrazine groups is 1. The molecule has 1 heterocycles. The molecule has 1 aromatic heterocycles. The van der Waals surface area contributed by atoms with Crippen LogP contribution in [0.1, 0.15) is 41.1 Å². The van der Waals surface area contributed by atoms with Crippen molar-refractivity contribution in [1.82, 2.24) is 10.4 Å². The Morgan fingerprint density at radius 1 is 1.44 bits per heavy atom. The molecule has 3 N–H and O–H groups in total. The lowest BCUT2D eigenvalue weighted by molar-refractivity contribution is 0.0955. The molecular weight excluding hydrogens is 274 g/mol. The molecule has 18 heavy (non-hydrogen) atoms. The summed E-state index contributed by atoms with van der Waals surface area (Å²) in [5, 5.41) is 0.404. The zero-order valence-corrected chi connectivity index (χ0v) is 12.4. The summed E-state index contributed by atoms with van der Waals surface area (Å²) in [6.45, 7) is 5.71. The van der Waals surface area contributed by atoms with Gasteiger partial charge in [0.05, 0.1) is 5.69 Å². The highest BCUT2D eigenvalue weighted by Crippen LogP contribution is 2.30. The highest BCUT2D eigenvalue weighted by molar-refractivity contribution is 7.90. The van der Waals surface area contributed by atoms with Crippen molar-refractivity contribution >= 4 is 27.1 Å². The van der Waals surface area contributed by atoms with Crippen molar-refractivity contribution in [2.45, 2.75) is 31.9 Å². The largest absolute Gasteiger partial charge is 0.289 e. The number of hydrogen-bond acceptors (Lipinski definition) is 6. The first-order valence-electron chi connectivity index (χ1n) is 5.23. The second-order valence-electron chi connectivity index (χ2n) is 5.08. The highest BCUT2D eigenvalue weighted by Gasteiger charge is 2.27. The zero-order valence-electron chi connectivity index (χ0n) is 10.8. The Labute approximate surface area is 110 Å². The predicted octanol–water partition coefficient (Wildman–Crippen LogP) is 0.589. The van der Waals surface area contributed by atoms with Gasteiger partial charge in [-0.15, -0.1) is 11.3 Å². The molecule has 1 rings (SSSR count). The number of sulfone groups is 1. The summed E-state index contributed by atoms with van der Waals surface area (Å²) < 4.78 is 22.5. The van der Waals surface area contributed by atoms with Gasteiger partial charge in [-0.3, -0.25) is 10.2 Å². The Bertz CT molecular complexity index is 555. The maximum atomic E-state index is 11.6. The fourth-order valence-electron chi connectivity index (χ4n) is 1.38. The Morgan fingerprint density at radius 3 is 2.39 bits per heavy atom. The van der Waals surface area contributed by atoms with Gasteiger partial charge in [-0.25, -0.2) is 19.2 Å². The molecule has 0 aliphatic heterocycles. The maximum Gasteiger partial charge on any atom is 0.277 e. The molecule has 0 aliphatic carbocycles. The Morgan fingerprint density at radius 2 is 2.00 bits per heavy atom. The van der Waals surface area contributed by atoms with Crippen LogP contribution in [0.5, 0.6) is 0 Å². The summed E-state index contributed by atoms with van der Waals surface area (Å²) in [7, 11) is -3.17. The number of aromatic nitrogens is 1. The van der Waals surface area contributed by atoms with E-state index in [1.807, 2.05) is 20.8 Å². The number of carbonyl (C=O) groups is 1. The fraction of sp³-hybridized carbons (Fsp3) is 0.600. The van der Waals surface area contributed by atoms with Crippen LogP contribution >= 0.6 is 11.3 Å². The van der Waals surface area contributed by atoms with E-state index < -0.39 is 15.7 Å². The number of carbonyl (C=O) groups excluding carboxylic acids is 1. The van der Waals surface area contributed by atoms with Gasteiger partial charge in [0.2, 0.25) is 0 Å². The van der Waals surface area contributed by atoms with E-state index in [4.69, 9.17) is 5.84 Å². The van der Waals surface area contributed by atoms with Crippen LogP contribution in [-0.2, 0) is 21.0 Å². The quantitative estimate of drug-likeness (QED) is 0.482. The van der Waals surface area contributed by atoms with Crippen LogP contribution in [0.3, 0.4) is 0 Å².